The first-order chi connectivity index (χ1) is 9.74. The zero-order valence-corrected chi connectivity index (χ0v) is 13.7. The van der Waals surface area contributed by atoms with E-state index in [2.05, 4.69) is 66.7 Å². The monoisotopic (exact) mass is 292 g/mol. The van der Waals surface area contributed by atoms with E-state index in [9.17, 15) is 0 Å². The van der Waals surface area contributed by atoms with Gasteiger partial charge < -0.3 is 4.90 Å². The van der Waals surface area contributed by atoms with Crippen LogP contribution in [0.1, 0.15) is 31.2 Å². The largest absolute Gasteiger partial charge is 0.304 e. The van der Waals surface area contributed by atoms with E-state index in [0.29, 0.717) is 5.92 Å². The first-order valence-corrected chi connectivity index (χ1v) is 8.46. The predicted molar refractivity (Wildman–Crippen MR) is 90.8 cm³/mol. The minimum absolute atomic E-state index is 0.529. The SMILES string of the molecule is CCN1CCCC1CN(C)CC(CS)c1ccccc1. The van der Waals surface area contributed by atoms with Gasteiger partial charge in [0.25, 0.3) is 0 Å². The predicted octanol–water partition coefficient (Wildman–Crippen LogP) is 3.12. The summed E-state index contributed by atoms with van der Waals surface area (Å²) >= 11 is 4.55. The molecule has 0 saturated carbocycles. The Hall–Kier alpha value is -0.510. The Balaban J connectivity index is 1.88. The summed E-state index contributed by atoms with van der Waals surface area (Å²) < 4.78 is 0. The summed E-state index contributed by atoms with van der Waals surface area (Å²) in [6, 6.07) is 11.5. The molecule has 1 aromatic rings. The van der Waals surface area contributed by atoms with Crippen molar-refractivity contribution in [3.05, 3.63) is 35.9 Å². The molecule has 0 radical (unpaired) electrons. The van der Waals surface area contributed by atoms with Gasteiger partial charge in [-0.3, -0.25) is 4.90 Å². The fourth-order valence-electron chi connectivity index (χ4n) is 3.32. The zero-order valence-electron chi connectivity index (χ0n) is 12.8. The molecule has 0 bridgehead atoms. The number of benzene rings is 1. The van der Waals surface area contributed by atoms with Gasteiger partial charge in [0.1, 0.15) is 0 Å². The summed E-state index contributed by atoms with van der Waals surface area (Å²) in [6.45, 7) is 7.03. The van der Waals surface area contributed by atoms with E-state index >= 15 is 0 Å². The molecule has 1 aliphatic heterocycles. The normalized spacial score (nSPS) is 21.5. The van der Waals surface area contributed by atoms with Crippen molar-refractivity contribution in [3.63, 3.8) is 0 Å². The zero-order chi connectivity index (χ0) is 14.4. The quantitative estimate of drug-likeness (QED) is 0.772. The molecular weight excluding hydrogens is 264 g/mol. The summed E-state index contributed by atoms with van der Waals surface area (Å²) in [5, 5.41) is 0. The molecule has 2 nitrogen and oxygen atoms in total. The van der Waals surface area contributed by atoms with Crippen LogP contribution in [0.4, 0.5) is 0 Å². The van der Waals surface area contributed by atoms with Gasteiger partial charge in [0.2, 0.25) is 0 Å². The third-order valence-corrected chi connectivity index (χ3v) is 4.89. The first-order valence-electron chi connectivity index (χ1n) is 7.83. The molecule has 1 fully saturated rings. The highest BCUT2D eigenvalue weighted by atomic mass is 32.1. The molecule has 2 atom stereocenters. The third-order valence-electron chi connectivity index (χ3n) is 4.45. The van der Waals surface area contributed by atoms with Crippen molar-refractivity contribution in [2.24, 2.45) is 0 Å². The molecule has 0 N–H and O–H groups in total. The Bertz CT molecular complexity index is 382. The number of nitrogens with zero attached hydrogens (tertiary/aromatic N) is 2. The lowest BCUT2D eigenvalue weighted by atomic mass is 10.0. The van der Waals surface area contributed by atoms with Crippen LogP contribution < -0.4 is 0 Å². The molecule has 3 heteroatoms. The number of thiol groups is 1. The molecule has 1 saturated heterocycles. The van der Waals surface area contributed by atoms with Crippen LogP contribution >= 0.6 is 12.6 Å². The average Bonchev–Trinajstić information content (AvgIpc) is 2.92. The molecule has 2 rings (SSSR count). The number of rotatable bonds is 7. The lowest BCUT2D eigenvalue weighted by molar-refractivity contribution is 0.195. The minimum Gasteiger partial charge on any atom is -0.304 e. The second-order valence-corrected chi connectivity index (χ2v) is 6.30. The van der Waals surface area contributed by atoms with E-state index in [1.807, 2.05) is 0 Å². The molecule has 112 valence electrons. The second kappa shape index (κ2) is 8.06. The molecule has 20 heavy (non-hydrogen) atoms. The Labute approximate surface area is 129 Å². The summed E-state index contributed by atoms with van der Waals surface area (Å²) in [4.78, 5) is 5.11. The van der Waals surface area contributed by atoms with Crippen LogP contribution in [0.3, 0.4) is 0 Å². The van der Waals surface area contributed by atoms with Gasteiger partial charge in [0.15, 0.2) is 0 Å². The van der Waals surface area contributed by atoms with Crippen molar-refractivity contribution in [2.75, 3.05) is 39.0 Å². The molecule has 0 aliphatic carbocycles. The van der Waals surface area contributed by atoms with Crippen LogP contribution in [-0.2, 0) is 0 Å². The van der Waals surface area contributed by atoms with Crippen molar-refractivity contribution in [3.8, 4) is 0 Å². The highest BCUT2D eigenvalue weighted by Crippen LogP contribution is 2.21. The maximum Gasteiger partial charge on any atom is 0.0223 e. The van der Waals surface area contributed by atoms with Gasteiger partial charge in [-0.25, -0.2) is 0 Å². The molecule has 2 unspecified atom stereocenters. The lowest BCUT2D eigenvalue weighted by Crippen LogP contribution is -2.40. The van der Waals surface area contributed by atoms with Crippen LogP contribution in [0, 0.1) is 0 Å². The van der Waals surface area contributed by atoms with Gasteiger partial charge in [-0.2, -0.15) is 12.6 Å². The van der Waals surface area contributed by atoms with Crippen LogP contribution in [0.2, 0.25) is 0 Å². The summed E-state index contributed by atoms with van der Waals surface area (Å²) in [6.07, 6.45) is 2.72. The average molecular weight is 292 g/mol. The van der Waals surface area contributed by atoms with Crippen LogP contribution in [0.5, 0.6) is 0 Å². The van der Waals surface area contributed by atoms with E-state index in [1.54, 1.807) is 0 Å². The summed E-state index contributed by atoms with van der Waals surface area (Å²) in [5.41, 5.74) is 1.41. The van der Waals surface area contributed by atoms with Crippen molar-refractivity contribution in [1.29, 1.82) is 0 Å². The minimum atomic E-state index is 0.529. The first kappa shape index (κ1) is 15.9. The van der Waals surface area contributed by atoms with E-state index in [0.717, 1.165) is 18.3 Å². The van der Waals surface area contributed by atoms with Crippen LogP contribution in [0.25, 0.3) is 0 Å². The fraction of sp³-hybridized carbons (Fsp3) is 0.647. The highest BCUT2D eigenvalue weighted by molar-refractivity contribution is 7.80. The van der Waals surface area contributed by atoms with Gasteiger partial charge in [0.05, 0.1) is 0 Å². The van der Waals surface area contributed by atoms with E-state index in [-0.39, 0.29) is 0 Å². The van der Waals surface area contributed by atoms with Gasteiger partial charge in [-0.05, 0) is 44.3 Å². The number of hydrogen-bond acceptors (Lipinski definition) is 3. The number of likely N-dealkylation sites (N-methyl/N-ethyl adjacent to an activating group) is 2. The molecule has 1 heterocycles. The van der Waals surface area contributed by atoms with E-state index < -0.39 is 0 Å². The standard InChI is InChI=1S/C17H28N2S/c1-3-19-11-7-10-17(19)13-18(2)12-16(14-20)15-8-5-4-6-9-15/h4-6,8-9,16-17,20H,3,7,10-14H2,1-2H3. The van der Waals surface area contributed by atoms with Crippen molar-refractivity contribution < 1.29 is 0 Å². The second-order valence-electron chi connectivity index (χ2n) is 5.94. The Morgan fingerprint density at radius 2 is 2.10 bits per heavy atom. The molecule has 0 spiro atoms. The summed E-state index contributed by atoms with van der Waals surface area (Å²) in [5.74, 6) is 1.44. The smallest absolute Gasteiger partial charge is 0.0223 e. The van der Waals surface area contributed by atoms with E-state index in [1.165, 1.54) is 38.0 Å². The number of likely N-dealkylation sites (tertiary alicyclic amines) is 1. The van der Waals surface area contributed by atoms with Crippen molar-refractivity contribution >= 4 is 12.6 Å². The Kier molecular flexibility index (Phi) is 6.40. The maximum atomic E-state index is 4.55. The van der Waals surface area contributed by atoms with Gasteiger partial charge in [-0.15, -0.1) is 0 Å². The van der Waals surface area contributed by atoms with Crippen LogP contribution in [-0.4, -0.2) is 54.8 Å². The fourth-order valence-corrected chi connectivity index (χ4v) is 3.65. The molecule has 1 aliphatic rings. The van der Waals surface area contributed by atoms with Gasteiger partial charge in [0, 0.05) is 25.0 Å². The van der Waals surface area contributed by atoms with Gasteiger partial charge in [-0.1, -0.05) is 37.3 Å². The van der Waals surface area contributed by atoms with Crippen molar-refractivity contribution in [1.82, 2.24) is 9.80 Å². The van der Waals surface area contributed by atoms with Crippen LogP contribution in [0.15, 0.2) is 30.3 Å². The Morgan fingerprint density at radius 1 is 1.35 bits per heavy atom. The molecule has 0 aromatic heterocycles. The molecule has 1 aromatic carbocycles. The van der Waals surface area contributed by atoms with E-state index in [4.69, 9.17) is 0 Å². The van der Waals surface area contributed by atoms with Gasteiger partial charge >= 0.3 is 0 Å². The Morgan fingerprint density at radius 3 is 2.75 bits per heavy atom. The highest BCUT2D eigenvalue weighted by Gasteiger charge is 2.24. The summed E-state index contributed by atoms with van der Waals surface area (Å²) in [7, 11) is 2.26. The van der Waals surface area contributed by atoms with Crippen molar-refractivity contribution in [2.45, 2.75) is 31.7 Å². The molecule has 0 amide bonds. The maximum absolute atomic E-state index is 4.55. The topological polar surface area (TPSA) is 6.48 Å². The number of hydrogen-bond donors (Lipinski definition) is 1. The third kappa shape index (κ3) is 4.24. The lowest BCUT2D eigenvalue weighted by Gasteiger charge is -2.30. The molecular formula is C17H28N2S.